The molecule has 142 valence electrons. The lowest BCUT2D eigenvalue weighted by atomic mass is 9.75. The van der Waals surface area contributed by atoms with Crippen LogP contribution >= 0.6 is 11.6 Å². The fourth-order valence-electron chi connectivity index (χ4n) is 3.79. The first-order valence-electron chi connectivity index (χ1n) is 9.41. The van der Waals surface area contributed by atoms with E-state index in [1.54, 1.807) is 0 Å². The molecule has 4 nitrogen and oxygen atoms in total. The highest BCUT2D eigenvalue weighted by Crippen LogP contribution is 2.48. The molecule has 2 heterocycles. The van der Waals surface area contributed by atoms with Gasteiger partial charge in [-0.15, -0.1) is 0 Å². The molecule has 5 heteroatoms. The van der Waals surface area contributed by atoms with Crippen molar-refractivity contribution >= 4 is 11.6 Å². The maximum atomic E-state index is 6.22. The van der Waals surface area contributed by atoms with E-state index in [1.165, 1.54) is 5.56 Å². The third-order valence-electron chi connectivity index (χ3n) is 5.33. The smallest absolute Gasteiger partial charge is 0.226 e. The molecule has 29 heavy (non-hydrogen) atoms. The summed E-state index contributed by atoms with van der Waals surface area (Å²) in [5, 5.41) is 0.165. The van der Waals surface area contributed by atoms with Crippen molar-refractivity contribution in [2.24, 2.45) is 0 Å². The second kappa shape index (κ2) is 6.68. The monoisotopic (exact) mass is 399 g/mol. The van der Waals surface area contributed by atoms with Crippen molar-refractivity contribution in [3.8, 4) is 34.3 Å². The molecule has 0 spiro atoms. The Morgan fingerprint density at radius 2 is 1.34 bits per heavy atom. The molecule has 3 aromatic carbocycles. The summed E-state index contributed by atoms with van der Waals surface area (Å²) in [6.07, 6.45) is 0. The van der Waals surface area contributed by atoms with Crippen molar-refractivity contribution in [3.63, 3.8) is 0 Å². The molecule has 0 atom stereocenters. The highest BCUT2D eigenvalue weighted by Gasteiger charge is 2.34. The average molecular weight is 400 g/mol. The molecule has 0 N–H and O–H groups in total. The van der Waals surface area contributed by atoms with E-state index in [9.17, 15) is 0 Å². The Balaban J connectivity index is 1.61. The highest BCUT2D eigenvalue weighted by molar-refractivity contribution is 6.28. The quantitative estimate of drug-likeness (QED) is 0.397. The minimum Gasteiger partial charge on any atom is -0.457 e. The fraction of sp³-hybridized carbons (Fsp3) is 0.125. The molecule has 5 rings (SSSR count). The molecule has 0 bridgehead atoms. The maximum absolute atomic E-state index is 6.22. The molecule has 1 aliphatic heterocycles. The van der Waals surface area contributed by atoms with E-state index in [4.69, 9.17) is 16.3 Å². The SMILES string of the molecule is CC1(C)c2ccccc2Oc2cc(-c3nc(Cl)nc(-c4ccccc4)n3)ccc21. The summed E-state index contributed by atoms with van der Waals surface area (Å²) in [5.74, 6) is 2.75. The number of ether oxygens (including phenoxy) is 1. The molecule has 1 aromatic heterocycles. The van der Waals surface area contributed by atoms with E-state index in [-0.39, 0.29) is 10.7 Å². The zero-order valence-electron chi connectivity index (χ0n) is 16.1. The number of hydrogen-bond donors (Lipinski definition) is 0. The van der Waals surface area contributed by atoms with Crippen LogP contribution in [0, 0.1) is 0 Å². The second-order valence-corrected chi connectivity index (χ2v) is 7.89. The second-order valence-electron chi connectivity index (χ2n) is 7.55. The molecule has 0 radical (unpaired) electrons. The summed E-state index contributed by atoms with van der Waals surface area (Å²) in [6.45, 7) is 4.42. The van der Waals surface area contributed by atoms with E-state index in [2.05, 4.69) is 40.9 Å². The summed E-state index contributed by atoms with van der Waals surface area (Å²) in [4.78, 5) is 13.3. The Morgan fingerprint density at radius 3 is 2.14 bits per heavy atom. The highest BCUT2D eigenvalue weighted by atomic mass is 35.5. The van der Waals surface area contributed by atoms with Crippen LogP contribution in [0.3, 0.4) is 0 Å². The van der Waals surface area contributed by atoms with E-state index in [0.717, 1.165) is 28.2 Å². The van der Waals surface area contributed by atoms with E-state index in [0.29, 0.717) is 11.6 Å². The first kappa shape index (κ1) is 17.8. The Hall–Kier alpha value is -3.24. The summed E-state index contributed by atoms with van der Waals surface area (Å²) in [7, 11) is 0. The number of rotatable bonds is 2. The van der Waals surface area contributed by atoms with E-state index in [1.807, 2.05) is 60.7 Å². The van der Waals surface area contributed by atoms with Gasteiger partial charge >= 0.3 is 0 Å². The Morgan fingerprint density at radius 1 is 0.690 bits per heavy atom. The minimum absolute atomic E-state index is 0.158. The number of hydrogen-bond acceptors (Lipinski definition) is 4. The van der Waals surface area contributed by atoms with Crippen LogP contribution in [-0.2, 0) is 5.41 Å². The number of halogens is 1. The Kier molecular flexibility index (Phi) is 4.10. The molecule has 0 fully saturated rings. The molecular formula is C24H18ClN3O. The van der Waals surface area contributed by atoms with Crippen molar-refractivity contribution in [1.29, 1.82) is 0 Å². The topological polar surface area (TPSA) is 47.9 Å². The molecule has 1 aliphatic rings. The predicted molar refractivity (Wildman–Crippen MR) is 114 cm³/mol. The largest absolute Gasteiger partial charge is 0.457 e. The van der Waals surface area contributed by atoms with Gasteiger partial charge in [0.1, 0.15) is 11.5 Å². The number of para-hydroxylation sites is 1. The molecule has 0 saturated heterocycles. The lowest BCUT2D eigenvalue weighted by Crippen LogP contribution is -2.24. The van der Waals surface area contributed by atoms with Gasteiger partial charge in [-0.3, -0.25) is 0 Å². The van der Waals surface area contributed by atoms with Crippen LogP contribution in [0.4, 0.5) is 0 Å². The van der Waals surface area contributed by atoms with Crippen LogP contribution in [-0.4, -0.2) is 15.0 Å². The van der Waals surface area contributed by atoms with Crippen molar-refractivity contribution in [2.75, 3.05) is 0 Å². The normalized spacial score (nSPS) is 13.9. The van der Waals surface area contributed by atoms with Gasteiger partial charge in [-0.2, -0.15) is 9.97 Å². The zero-order chi connectivity index (χ0) is 20.0. The Labute approximate surface area is 174 Å². The van der Waals surface area contributed by atoms with Crippen LogP contribution in [0.2, 0.25) is 5.28 Å². The first-order valence-corrected chi connectivity index (χ1v) is 9.79. The third kappa shape index (κ3) is 3.06. The van der Waals surface area contributed by atoms with Gasteiger partial charge in [0.15, 0.2) is 11.6 Å². The van der Waals surface area contributed by atoms with Crippen LogP contribution in [0.25, 0.3) is 22.8 Å². The van der Waals surface area contributed by atoms with Crippen molar-refractivity contribution in [1.82, 2.24) is 15.0 Å². The summed E-state index contributed by atoms with van der Waals surface area (Å²) < 4.78 is 6.22. The van der Waals surface area contributed by atoms with Crippen LogP contribution in [0.15, 0.2) is 72.8 Å². The molecular weight excluding hydrogens is 382 g/mol. The lowest BCUT2D eigenvalue weighted by Gasteiger charge is -2.34. The van der Waals surface area contributed by atoms with Gasteiger partial charge < -0.3 is 4.74 Å². The van der Waals surface area contributed by atoms with Crippen molar-refractivity contribution < 1.29 is 4.74 Å². The first-order chi connectivity index (χ1) is 14.0. The number of fused-ring (bicyclic) bond motifs is 2. The van der Waals surface area contributed by atoms with Gasteiger partial charge in [0.25, 0.3) is 0 Å². The Bertz CT molecular complexity index is 1220. The summed E-state index contributed by atoms with van der Waals surface area (Å²) in [6, 6.07) is 24.0. The van der Waals surface area contributed by atoms with Crippen LogP contribution in [0.1, 0.15) is 25.0 Å². The van der Waals surface area contributed by atoms with Gasteiger partial charge in [0.2, 0.25) is 5.28 Å². The van der Waals surface area contributed by atoms with Gasteiger partial charge in [-0.05, 0) is 23.7 Å². The number of aromatic nitrogens is 3. The van der Waals surface area contributed by atoms with Gasteiger partial charge in [-0.1, -0.05) is 74.5 Å². The predicted octanol–water partition coefficient (Wildman–Crippen LogP) is 6.29. The molecule has 0 unspecified atom stereocenters. The molecule has 0 saturated carbocycles. The lowest BCUT2D eigenvalue weighted by molar-refractivity contribution is 0.418. The maximum Gasteiger partial charge on any atom is 0.226 e. The zero-order valence-corrected chi connectivity index (χ0v) is 16.8. The average Bonchev–Trinajstić information content (AvgIpc) is 2.74. The number of benzene rings is 3. The third-order valence-corrected chi connectivity index (χ3v) is 5.50. The van der Waals surface area contributed by atoms with Crippen molar-refractivity contribution in [3.05, 3.63) is 89.2 Å². The summed E-state index contributed by atoms with van der Waals surface area (Å²) in [5.41, 5.74) is 3.87. The van der Waals surface area contributed by atoms with Gasteiger partial charge in [-0.25, -0.2) is 4.98 Å². The van der Waals surface area contributed by atoms with E-state index < -0.39 is 0 Å². The summed E-state index contributed by atoms with van der Waals surface area (Å²) >= 11 is 6.21. The van der Waals surface area contributed by atoms with Crippen LogP contribution in [0.5, 0.6) is 11.5 Å². The van der Waals surface area contributed by atoms with Crippen molar-refractivity contribution in [2.45, 2.75) is 19.3 Å². The number of nitrogens with zero attached hydrogens (tertiary/aromatic N) is 3. The van der Waals surface area contributed by atoms with Gasteiger partial charge in [0, 0.05) is 27.7 Å². The molecule has 0 aliphatic carbocycles. The molecule has 0 amide bonds. The molecule has 4 aromatic rings. The fourth-order valence-corrected chi connectivity index (χ4v) is 3.95. The van der Waals surface area contributed by atoms with Gasteiger partial charge in [0.05, 0.1) is 0 Å². The van der Waals surface area contributed by atoms with E-state index >= 15 is 0 Å². The van der Waals surface area contributed by atoms with Crippen LogP contribution < -0.4 is 4.74 Å². The standard InChI is InChI=1S/C24H18ClN3O/c1-24(2)17-10-6-7-11-19(17)29-20-14-16(12-13-18(20)24)22-26-21(27-23(25)28-22)15-8-4-3-5-9-15/h3-14H,1-2H3. The minimum atomic E-state index is -0.158.